The number of rotatable bonds is 2. The minimum absolute atomic E-state index is 0.0325. The van der Waals surface area contributed by atoms with Crippen LogP contribution >= 0.6 is 15.9 Å². The van der Waals surface area contributed by atoms with Crippen molar-refractivity contribution in [3.63, 3.8) is 0 Å². The lowest BCUT2D eigenvalue weighted by Crippen LogP contribution is -2.19. The molecule has 15 heavy (non-hydrogen) atoms. The van der Waals surface area contributed by atoms with Gasteiger partial charge in [-0.3, -0.25) is 0 Å². The number of nitrogens with zero attached hydrogens (tertiary/aromatic N) is 1. The normalized spacial score (nSPS) is 11.6. The van der Waals surface area contributed by atoms with Crippen LogP contribution in [0.5, 0.6) is 5.88 Å². The summed E-state index contributed by atoms with van der Waals surface area (Å²) in [7, 11) is 0. The minimum Gasteiger partial charge on any atom is -0.387 e. The van der Waals surface area contributed by atoms with Gasteiger partial charge in [0.2, 0.25) is 5.88 Å². The molecule has 84 valence electrons. The Morgan fingerprint density at radius 1 is 1.47 bits per heavy atom. The van der Waals surface area contributed by atoms with Gasteiger partial charge >= 0.3 is 6.36 Å². The predicted molar refractivity (Wildman–Crippen MR) is 46.5 cm³/mol. The van der Waals surface area contributed by atoms with E-state index in [0.29, 0.717) is 0 Å². The quantitative estimate of drug-likeness (QED) is 0.850. The summed E-state index contributed by atoms with van der Waals surface area (Å²) in [6.07, 6.45) is -4.92. The molecule has 1 heterocycles. The van der Waals surface area contributed by atoms with E-state index in [0.717, 1.165) is 6.07 Å². The number of aromatic nitrogens is 1. The van der Waals surface area contributed by atoms with Crippen molar-refractivity contribution in [3.05, 3.63) is 22.1 Å². The van der Waals surface area contributed by atoms with Crippen molar-refractivity contribution in [2.75, 3.05) is 0 Å². The van der Waals surface area contributed by atoms with E-state index in [9.17, 15) is 17.6 Å². The van der Waals surface area contributed by atoms with Crippen LogP contribution in [-0.4, -0.2) is 11.3 Å². The van der Waals surface area contributed by atoms with Gasteiger partial charge in [0, 0.05) is 6.54 Å². The van der Waals surface area contributed by atoms with Crippen molar-refractivity contribution in [1.82, 2.24) is 4.98 Å². The topological polar surface area (TPSA) is 48.1 Å². The molecule has 0 aliphatic rings. The highest BCUT2D eigenvalue weighted by molar-refractivity contribution is 9.10. The molecular weight excluding hydrogens is 284 g/mol. The molecule has 0 aromatic carbocycles. The fourth-order valence-electron chi connectivity index (χ4n) is 0.805. The van der Waals surface area contributed by atoms with E-state index < -0.39 is 22.5 Å². The Labute approximate surface area is 90.4 Å². The van der Waals surface area contributed by atoms with Crippen LogP contribution < -0.4 is 10.5 Å². The van der Waals surface area contributed by atoms with Gasteiger partial charge in [0.1, 0.15) is 10.3 Å². The van der Waals surface area contributed by atoms with Gasteiger partial charge in [0.15, 0.2) is 0 Å². The van der Waals surface area contributed by atoms with Crippen LogP contribution in [-0.2, 0) is 6.54 Å². The highest BCUT2D eigenvalue weighted by Crippen LogP contribution is 2.30. The lowest BCUT2D eigenvalue weighted by Gasteiger charge is -2.10. The number of hydrogen-bond donors (Lipinski definition) is 1. The largest absolute Gasteiger partial charge is 0.574 e. The fourth-order valence-corrected chi connectivity index (χ4v) is 1.09. The van der Waals surface area contributed by atoms with E-state index in [2.05, 4.69) is 25.7 Å². The van der Waals surface area contributed by atoms with E-state index in [4.69, 9.17) is 5.73 Å². The molecular formula is C7H5BrF4N2O. The summed E-state index contributed by atoms with van der Waals surface area (Å²) in [6.45, 7) is -0.182. The van der Waals surface area contributed by atoms with E-state index in [1.807, 2.05) is 0 Å². The van der Waals surface area contributed by atoms with Gasteiger partial charge in [-0.05, 0) is 22.0 Å². The van der Waals surface area contributed by atoms with Gasteiger partial charge in [-0.25, -0.2) is 9.37 Å². The minimum atomic E-state index is -4.92. The smallest absolute Gasteiger partial charge is 0.387 e. The average molecular weight is 289 g/mol. The van der Waals surface area contributed by atoms with Gasteiger partial charge in [-0.15, -0.1) is 13.2 Å². The zero-order valence-electron chi connectivity index (χ0n) is 7.11. The second-order valence-electron chi connectivity index (χ2n) is 2.47. The summed E-state index contributed by atoms with van der Waals surface area (Å²) >= 11 is 2.59. The Kier molecular flexibility index (Phi) is 3.50. The summed E-state index contributed by atoms with van der Waals surface area (Å²) in [5, 5.41) is 0. The number of halogens is 5. The van der Waals surface area contributed by atoms with Crippen molar-refractivity contribution in [3.8, 4) is 5.88 Å². The number of nitrogens with two attached hydrogens (primary N) is 1. The number of pyridine rings is 1. The first-order valence-electron chi connectivity index (χ1n) is 3.64. The maximum atomic E-state index is 13.0. The van der Waals surface area contributed by atoms with Crippen molar-refractivity contribution >= 4 is 15.9 Å². The Morgan fingerprint density at radius 3 is 2.53 bits per heavy atom. The third kappa shape index (κ3) is 3.31. The number of hydrogen-bond acceptors (Lipinski definition) is 3. The molecule has 1 aromatic rings. The van der Waals surface area contributed by atoms with Crippen LogP contribution in [0.3, 0.4) is 0 Å². The average Bonchev–Trinajstić information content (AvgIpc) is 2.10. The molecule has 1 aromatic heterocycles. The van der Waals surface area contributed by atoms with Crippen LogP contribution in [0.25, 0.3) is 0 Å². The van der Waals surface area contributed by atoms with E-state index >= 15 is 0 Å². The molecule has 3 nitrogen and oxygen atoms in total. The molecule has 2 N–H and O–H groups in total. The summed E-state index contributed by atoms with van der Waals surface area (Å²) < 4.78 is 51.6. The summed E-state index contributed by atoms with van der Waals surface area (Å²) in [5.41, 5.74) is 5.09. The fraction of sp³-hybridized carbons (Fsp3) is 0.286. The molecule has 8 heteroatoms. The maximum absolute atomic E-state index is 13.0. The van der Waals surface area contributed by atoms with Gasteiger partial charge in [0.05, 0.1) is 5.69 Å². The number of ether oxygens (including phenoxy) is 1. The first-order valence-corrected chi connectivity index (χ1v) is 4.43. The molecule has 0 amide bonds. The second kappa shape index (κ2) is 4.31. The molecule has 0 unspecified atom stereocenters. The van der Waals surface area contributed by atoms with Crippen LogP contribution in [0, 0.1) is 5.82 Å². The van der Waals surface area contributed by atoms with Crippen molar-refractivity contribution in [2.24, 2.45) is 5.73 Å². The van der Waals surface area contributed by atoms with Crippen LogP contribution in [0.4, 0.5) is 17.6 Å². The van der Waals surface area contributed by atoms with Crippen molar-refractivity contribution < 1.29 is 22.3 Å². The number of alkyl halides is 3. The first kappa shape index (κ1) is 12.2. The van der Waals surface area contributed by atoms with Crippen molar-refractivity contribution in [1.29, 1.82) is 0 Å². The maximum Gasteiger partial charge on any atom is 0.574 e. The van der Waals surface area contributed by atoms with E-state index in [1.54, 1.807) is 0 Å². The third-order valence-electron chi connectivity index (χ3n) is 1.36. The molecule has 0 saturated carbocycles. The zero-order chi connectivity index (χ0) is 11.6. The van der Waals surface area contributed by atoms with Crippen LogP contribution in [0.1, 0.15) is 5.69 Å². The highest BCUT2D eigenvalue weighted by atomic mass is 79.9. The van der Waals surface area contributed by atoms with Gasteiger partial charge in [-0.1, -0.05) is 0 Å². The predicted octanol–water partition coefficient (Wildman–Crippen LogP) is 2.34. The van der Waals surface area contributed by atoms with Crippen LogP contribution in [0.2, 0.25) is 0 Å². The van der Waals surface area contributed by atoms with E-state index in [-0.39, 0.29) is 12.2 Å². The Balaban J connectivity index is 3.11. The SMILES string of the molecule is NCc1cc(F)c(Br)c(OC(F)(F)F)n1. The third-order valence-corrected chi connectivity index (χ3v) is 2.08. The van der Waals surface area contributed by atoms with Crippen LogP contribution in [0.15, 0.2) is 10.5 Å². The Morgan fingerprint density at radius 2 is 2.07 bits per heavy atom. The van der Waals surface area contributed by atoms with Gasteiger partial charge in [0.25, 0.3) is 0 Å². The summed E-state index contributed by atoms with van der Waals surface area (Å²) in [5.74, 6) is -1.80. The van der Waals surface area contributed by atoms with E-state index in [1.165, 1.54) is 0 Å². The lowest BCUT2D eigenvalue weighted by atomic mass is 10.3. The molecule has 0 aliphatic heterocycles. The van der Waals surface area contributed by atoms with Gasteiger partial charge < -0.3 is 10.5 Å². The standard InChI is InChI=1S/C7H5BrF4N2O/c8-5-4(9)1-3(2-13)14-6(5)15-7(10,11)12/h1H,2,13H2. The monoisotopic (exact) mass is 288 g/mol. The molecule has 0 bridgehead atoms. The molecule has 0 radical (unpaired) electrons. The molecule has 1 rings (SSSR count). The van der Waals surface area contributed by atoms with Crippen molar-refractivity contribution in [2.45, 2.75) is 12.9 Å². The lowest BCUT2D eigenvalue weighted by molar-refractivity contribution is -0.276. The summed E-state index contributed by atoms with van der Waals surface area (Å²) in [4.78, 5) is 3.38. The van der Waals surface area contributed by atoms with Gasteiger partial charge in [-0.2, -0.15) is 0 Å². The summed E-state index contributed by atoms with van der Waals surface area (Å²) in [6, 6.07) is 0.924. The molecule has 0 spiro atoms. The Hall–Kier alpha value is -0.890. The molecule has 0 atom stereocenters. The molecule has 0 saturated heterocycles. The molecule has 0 aliphatic carbocycles. The second-order valence-corrected chi connectivity index (χ2v) is 3.26. The molecule has 0 fully saturated rings. The highest BCUT2D eigenvalue weighted by Gasteiger charge is 2.33. The zero-order valence-corrected chi connectivity index (χ0v) is 8.69. The first-order chi connectivity index (χ1) is 6.83. The Bertz CT molecular complexity index is 369.